The smallest absolute Gasteiger partial charge is 0.309 e. The van der Waals surface area contributed by atoms with Crippen LogP contribution < -0.4 is 10.6 Å². The topological polar surface area (TPSA) is 99.5 Å². The molecule has 1 aromatic rings. The third kappa shape index (κ3) is 4.27. The number of nitrogens with zero attached hydrogens (tertiary/aromatic N) is 3. The molecule has 1 amide bonds. The van der Waals surface area contributed by atoms with E-state index in [4.69, 9.17) is 5.11 Å². The number of amides is 1. The minimum atomic E-state index is -0.835. The van der Waals surface area contributed by atoms with E-state index in [1.165, 1.54) is 0 Å². The fraction of sp³-hybridized carbons (Fsp3) is 0.615. The first kappa shape index (κ1) is 15.5. The van der Waals surface area contributed by atoms with Crippen molar-refractivity contribution in [2.75, 3.05) is 38.0 Å². The van der Waals surface area contributed by atoms with Gasteiger partial charge in [0.2, 0.25) is 5.91 Å². The zero-order valence-corrected chi connectivity index (χ0v) is 12.3. The molecule has 21 heavy (non-hydrogen) atoms. The van der Waals surface area contributed by atoms with Crippen molar-refractivity contribution in [1.29, 1.82) is 0 Å². The lowest BCUT2D eigenvalue weighted by Gasteiger charge is -2.21. The van der Waals surface area contributed by atoms with Crippen molar-refractivity contribution >= 4 is 17.6 Å². The highest BCUT2D eigenvalue weighted by atomic mass is 16.4. The van der Waals surface area contributed by atoms with Crippen LogP contribution in [-0.4, -0.2) is 64.4 Å². The third-order valence-corrected chi connectivity index (χ3v) is 3.48. The van der Waals surface area contributed by atoms with E-state index >= 15 is 0 Å². The van der Waals surface area contributed by atoms with Crippen molar-refractivity contribution in [2.24, 2.45) is 13.0 Å². The molecule has 1 fully saturated rings. The zero-order chi connectivity index (χ0) is 15.4. The predicted molar refractivity (Wildman–Crippen MR) is 77.0 cm³/mol. The number of carboxylic acid groups (broad SMARTS) is 1. The Morgan fingerprint density at radius 3 is 2.95 bits per heavy atom. The second kappa shape index (κ2) is 6.68. The van der Waals surface area contributed by atoms with Crippen LogP contribution in [-0.2, 0) is 16.6 Å². The summed E-state index contributed by atoms with van der Waals surface area (Å²) in [6.45, 7) is 4.16. The molecule has 2 rings (SSSR count). The number of carbonyl (C=O) groups excluding carboxylic acids is 1. The molecule has 1 aliphatic rings. The van der Waals surface area contributed by atoms with Crippen LogP contribution in [0.25, 0.3) is 0 Å². The number of anilines is 1. The Kier molecular flexibility index (Phi) is 4.92. The molecule has 0 bridgehead atoms. The lowest BCUT2D eigenvalue weighted by atomic mass is 10.1. The molecule has 3 N–H and O–H groups in total. The summed E-state index contributed by atoms with van der Waals surface area (Å²) in [6.07, 6.45) is 1.75. The second-order valence-electron chi connectivity index (χ2n) is 5.32. The lowest BCUT2D eigenvalue weighted by molar-refractivity contribution is -0.142. The Morgan fingerprint density at radius 2 is 2.33 bits per heavy atom. The van der Waals surface area contributed by atoms with Crippen LogP contribution in [0.4, 0.5) is 5.69 Å². The molecule has 1 aromatic heterocycles. The molecule has 1 atom stereocenters. The van der Waals surface area contributed by atoms with Gasteiger partial charge in [0.05, 0.1) is 23.8 Å². The van der Waals surface area contributed by atoms with Gasteiger partial charge in [0.25, 0.3) is 0 Å². The first-order valence-electron chi connectivity index (χ1n) is 6.91. The van der Waals surface area contributed by atoms with Gasteiger partial charge in [-0.25, -0.2) is 0 Å². The van der Waals surface area contributed by atoms with Gasteiger partial charge in [0.1, 0.15) is 0 Å². The molecule has 0 aliphatic carbocycles. The van der Waals surface area contributed by atoms with Crippen molar-refractivity contribution in [3.05, 3.63) is 11.9 Å². The number of aliphatic carboxylic acids is 1. The van der Waals surface area contributed by atoms with Gasteiger partial charge < -0.3 is 15.7 Å². The molecule has 1 unspecified atom stereocenters. The van der Waals surface area contributed by atoms with Gasteiger partial charge in [-0.05, 0) is 6.92 Å². The van der Waals surface area contributed by atoms with Crippen molar-refractivity contribution in [3.63, 3.8) is 0 Å². The summed E-state index contributed by atoms with van der Waals surface area (Å²) in [7, 11) is 1.79. The van der Waals surface area contributed by atoms with Crippen molar-refractivity contribution in [3.8, 4) is 0 Å². The number of hydrogen-bond acceptors (Lipinski definition) is 5. The van der Waals surface area contributed by atoms with E-state index in [0.717, 1.165) is 5.69 Å². The van der Waals surface area contributed by atoms with Gasteiger partial charge in [-0.1, -0.05) is 0 Å². The van der Waals surface area contributed by atoms with Gasteiger partial charge >= 0.3 is 5.97 Å². The highest BCUT2D eigenvalue weighted by Crippen LogP contribution is 2.11. The standard InChI is InChI=1S/C13H21N5O3/c1-9-11(7-17(2)16-9)15-12(19)8-18-4-3-14-5-10(6-18)13(20)21/h7,10,14H,3-6,8H2,1-2H3,(H,15,19)(H,20,21). The number of aromatic nitrogens is 2. The van der Waals surface area contributed by atoms with E-state index in [2.05, 4.69) is 15.7 Å². The van der Waals surface area contributed by atoms with Gasteiger partial charge in [0, 0.05) is 39.4 Å². The van der Waals surface area contributed by atoms with Gasteiger partial charge in [0.15, 0.2) is 0 Å². The van der Waals surface area contributed by atoms with Crippen molar-refractivity contribution in [2.45, 2.75) is 6.92 Å². The number of carbonyl (C=O) groups is 2. The molecule has 0 radical (unpaired) electrons. The molecule has 1 saturated heterocycles. The van der Waals surface area contributed by atoms with E-state index in [1.807, 2.05) is 11.8 Å². The first-order chi connectivity index (χ1) is 9.95. The fourth-order valence-corrected chi connectivity index (χ4v) is 2.41. The number of aryl methyl sites for hydroxylation is 2. The van der Waals surface area contributed by atoms with Gasteiger partial charge in [-0.2, -0.15) is 5.10 Å². The van der Waals surface area contributed by atoms with E-state index in [0.29, 0.717) is 31.9 Å². The van der Waals surface area contributed by atoms with Gasteiger partial charge in [-0.3, -0.25) is 19.2 Å². The molecule has 0 aromatic carbocycles. The second-order valence-corrected chi connectivity index (χ2v) is 5.32. The normalized spacial score (nSPS) is 20.0. The van der Waals surface area contributed by atoms with Crippen molar-refractivity contribution < 1.29 is 14.7 Å². The fourth-order valence-electron chi connectivity index (χ4n) is 2.41. The van der Waals surface area contributed by atoms with E-state index in [9.17, 15) is 9.59 Å². The Hall–Kier alpha value is -1.93. The average molecular weight is 295 g/mol. The van der Waals surface area contributed by atoms with E-state index in [1.54, 1.807) is 17.9 Å². The maximum atomic E-state index is 12.1. The van der Waals surface area contributed by atoms with Crippen LogP contribution in [0.2, 0.25) is 0 Å². The summed E-state index contributed by atoms with van der Waals surface area (Å²) in [6, 6.07) is 0. The van der Waals surface area contributed by atoms with Crippen LogP contribution in [0.1, 0.15) is 5.69 Å². The number of hydrogen-bond donors (Lipinski definition) is 3. The number of rotatable bonds is 4. The lowest BCUT2D eigenvalue weighted by Crippen LogP contribution is -2.38. The first-order valence-corrected chi connectivity index (χ1v) is 6.91. The predicted octanol–water partition coefficient (Wildman–Crippen LogP) is -0.727. The summed E-state index contributed by atoms with van der Waals surface area (Å²) < 4.78 is 1.64. The summed E-state index contributed by atoms with van der Waals surface area (Å²) in [5, 5.41) is 19.2. The van der Waals surface area contributed by atoms with Gasteiger partial charge in [-0.15, -0.1) is 0 Å². The summed E-state index contributed by atoms with van der Waals surface area (Å²) >= 11 is 0. The van der Waals surface area contributed by atoms with Crippen LogP contribution in [0.15, 0.2) is 6.20 Å². The monoisotopic (exact) mass is 295 g/mol. The minimum Gasteiger partial charge on any atom is -0.481 e. The molecular weight excluding hydrogens is 274 g/mol. The Labute approximate surface area is 123 Å². The Morgan fingerprint density at radius 1 is 1.57 bits per heavy atom. The van der Waals surface area contributed by atoms with Crippen LogP contribution in [0.3, 0.4) is 0 Å². The van der Waals surface area contributed by atoms with Crippen LogP contribution in [0.5, 0.6) is 0 Å². The number of nitrogens with one attached hydrogen (secondary N) is 2. The van der Waals surface area contributed by atoms with Crippen LogP contribution in [0, 0.1) is 12.8 Å². The zero-order valence-electron chi connectivity index (χ0n) is 12.3. The SMILES string of the molecule is Cc1nn(C)cc1NC(=O)CN1CCNCC(C(=O)O)C1. The maximum Gasteiger partial charge on any atom is 0.309 e. The third-order valence-electron chi connectivity index (χ3n) is 3.48. The molecule has 8 heteroatoms. The average Bonchev–Trinajstić information content (AvgIpc) is 2.62. The molecule has 1 aliphatic heterocycles. The molecule has 116 valence electrons. The maximum absolute atomic E-state index is 12.1. The quantitative estimate of drug-likeness (QED) is 0.677. The molecule has 0 saturated carbocycles. The highest BCUT2D eigenvalue weighted by molar-refractivity contribution is 5.92. The minimum absolute atomic E-state index is 0.155. The summed E-state index contributed by atoms with van der Waals surface area (Å²) in [5.41, 5.74) is 1.44. The summed E-state index contributed by atoms with van der Waals surface area (Å²) in [5.74, 6) is -1.48. The molecule has 2 heterocycles. The molecule has 0 spiro atoms. The molecule has 8 nitrogen and oxygen atoms in total. The Bertz CT molecular complexity index is 528. The van der Waals surface area contributed by atoms with Crippen molar-refractivity contribution in [1.82, 2.24) is 20.0 Å². The Balaban J connectivity index is 1.92. The number of carboxylic acids is 1. The largest absolute Gasteiger partial charge is 0.481 e. The summed E-state index contributed by atoms with van der Waals surface area (Å²) in [4.78, 5) is 25.0. The van der Waals surface area contributed by atoms with E-state index < -0.39 is 11.9 Å². The molecular formula is C13H21N5O3. The highest BCUT2D eigenvalue weighted by Gasteiger charge is 2.24. The van der Waals surface area contributed by atoms with E-state index in [-0.39, 0.29) is 12.5 Å². The van der Waals surface area contributed by atoms with Crippen LogP contribution >= 0.6 is 0 Å².